The number of benzene rings is 8. The lowest BCUT2D eigenvalue weighted by molar-refractivity contribution is 0.0686. The van der Waals surface area contributed by atoms with Gasteiger partial charge in [0.1, 0.15) is 0 Å². The van der Waals surface area contributed by atoms with Crippen molar-refractivity contribution in [3.63, 3.8) is 0 Å². The van der Waals surface area contributed by atoms with Crippen molar-refractivity contribution >= 4 is 55.0 Å². The van der Waals surface area contributed by atoms with Crippen LogP contribution in [0.1, 0.15) is 43.0 Å². The van der Waals surface area contributed by atoms with Gasteiger partial charge < -0.3 is 10.2 Å². The Morgan fingerprint density at radius 3 is 1.12 bits per heavy atom. The number of hydrogen-bond donors (Lipinski definition) is 2. The maximum Gasteiger partial charge on any atom is 0.335 e. The molecule has 0 fully saturated rings. The third-order valence-corrected chi connectivity index (χ3v) is 8.98. The van der Waals surface area contributed by atoms with Crippen LogP contribution in [0.3, 0.4) is 0 Å². The van der Waals surface area contributed by atoms with Gasteiger partial charge in [0.25, 0.3) is 0 Å². The summed E-state index contributed by atoms with van der Waals surface area (Å²) in [5.74, 6) is 11.0. The normalized spacial score (nSPS) is 10.8. The fraction of sp³-hybridized carbons (Fsp3) is 0. The molecule has 0 bridgehead atoms. The summed E-state index contributed by atoms with van der Waals surface area (Å²) in [7, 11) is 0. The van der Waals surface area contributed by atoms with E-state index < -0.39 is 11.9 Å². The van der Waals surface area contributed by atoms with Crippen LogP contribution in [0.4, 0.5) is 0 Å². The number of carboxylic acid groups (broad SMARTS) is 2. The van der Waals surface area contributed by atoms with Crippen LogP contribution in [0.25, 0.3) is 54.2 Å². The molecule has 0 atom stereocenters. The Balaban J connectivity index is 1.30. The standard InChI is InChI=1S/C46H26O4/c47-45(48)39-21-19-31(17-15-29-11-5-13-37-23-33-7-1-3-9-35(33)25-41(29)37)43(27-39)44-28-40(46(49)50)22-20-32(44)18-16-30-12-6-14-38-24-34-8-2-4-10-36(34)26-42(30)38/h1-14,19-28H,(H,47,48)(H,49,50). The highest BCUT2D eigenvalue weighted by Crippen LogP contribution is 2.31. The minimum atomic E-state index is -1.10. The predicted molar refractivity (Wildman–Crippen MR) is 201 cm³/mol. The van der Waals surface area contributed by atoms with Crippen LogP contribution in [0, 0.1) is 23.7 Å². The predicted octanol–water partition coefficient (Wildman–Crippen LogP) is 10.2. The zero-order chi connectivity index (χ0) is 34.2. The van der Waals surface area contributed by atoms with E-state index in [4.69, 9.17) is 0 Å². The van der Waals surface area contributed by atoms with Crippen LogP contribution in [0.2, 0.25) is 0 Å². The van der Waals surface area contributed by atoms with Crippen molar-refractivity contribution in [2.45, 2.75) is 0 Å². The summed E-state index contributed by atoms with van der Waals surface area (Å²) in [6.07, 6.45) is 0. The third-order valence-electron chi connectivity index (χ3n) is 8.98. The molecule has 8 aromatic rings. The number of hydrogen-bond acceptors (Lipinski definition) is 2. The Morgan fingerprint density at radius 2 is 0.720 bits per heavy atom. The van der Waals surface area contributed by atoms with Crippen molar-refractivity contribution < 1.29 is 19.8 Å². The van der Waals surface area contributed by atoms with E-state index in [2.05, 4.69) is 84.3 Å². The third kappa shape index (κ3) is 5.69. The molecule has 0 amide bonds. The topological polar surface area (TPSA) is 74.6 Å². The van der Waals surface area contributed by atoms with E-state index in [1.54, 1.807) is 24.3 Å². The van der Waals surface area contributed by atoms with Crippen molar-refractivity contribution in [3.8, 4) is 34.8 Å². The quantitative estimate of drug-likeness (QED) is 0.149. The maximum atomic E-state index is 12.2. The first-order valence-electron chi connectivity index (χ1n) is 16.0. The van der Waals surface area contributed by atoms with Crippen LogP contribution in [-0.4, -0.2) is 22.2 Å². The van der Waals surface area contributed by atoms with Crippen LogP contribution in [0.5, 0.6) is 0 Å². The van der Waals surface area contributed by atoms with Crippen molar-refractivity contribution in [1.82, 2.24) is 0 Å². The summed E-state index contributed by atoms with van der Waals surface area (Å²) in [6, 6.07) is 46.3. The molecule has 4 heteroatoms. The van der Waals surface area contributed by atoms with Crippen molar-refractivity contribution in [3.05, 3.63) is 179 Å². The van der Waals surface area contributed by atoms with E-state index in [1.807, 2.05) is 48.5 Å². The molecular weight excluding hydrogens is 617 g/mol. The van der Waals surface area contributed by atoms with E-state index in [0.29, 0.717) is 22.3 Å². The van der Waals surface area contributed by atoms with Gasteiger partial charge in [0, 0.05) is 22.3 Å². The average molecular weight is 643 g/mol. The second-order valence-electron chi connectivity index (χ2n) is 12.1. The first-order valence-corrected chi connectivity index (χ1v) is 16.0. The molecule has 50 heavy (non-hydrogen) atoms. The van der Waals surface area contributed by atoms with Gasteiger partial charge in [-0.05, 0) is 127 Å². The first kappa shape index (κ1) is 30.2. The zero-order valence-corrected chi connectivity index (χ0v) is 26.6. The van der Waals surface area contributed by atoms with E-state index in [0.717, 1.165) is 54.2 Å². The molecule has 8 aromatic carbocycles. The second-order valence-corrected chi connectivity index (χ2v) is 12.1. The highest BCUT2D eigenvalue weighted by atomic mass is 16.4. The first-order chi connectivity index (χ1) is 24.4. The Kier molecular flexibility index (Phi) is 7.53. The fourth-order valence-electron chi connectivity index (χ4n) is 6.44. The SMILES string of the molecule is O=C(O)c1ccc(C#Cc2cccc3cc4ccccc4cc23)c(-c2cc(C(=O)O)ccc2C#Cc2cccc3cc4ccccc4cc23)c1. The zero-order valence-electron chi connectivity index (χ0n) is 26.6. The summed E-state index contributed by atoms with van der Waals surface area (Å²) in [6.45, 7) is 0. The Morgan fingerprint density at radius 1 is 0.360 bits per heavy atom. The molecule has 8 rings (SSSR count). The number of aromatic carboxylic acids is 2. The molecular formula is C46H26O4. The lowest BCUT2D eigenvalue weighted by atomic mass is 9.91. The molecule has 0 aliphatic rings. The number of carbonyl (C=O) groups is 2. The van der Waals surface area contributed by atoms with E-state index in [1.165, 1.54) is 12.1 Å². The molecule has 0 saturated carbocycles. The second kappa shape index (κ2) is 12.5. The molecule has 0 unspecified atom stereocenters. The lowest BCUT2D eigenvalue weighted by Crippen LogP contribution is -2.01. The molecule has 0 radical (unpaired) electrons. The molecule has 0 heterocycles. The van der Waals surface area contributed by atoms with Crippen molar-refractivity contribution in [2.24, 2.45) is 0 Å². The molecule has 0 aromatic heterocycles. The van der Waals surface area contributed by atoms with Gasteiger partial charge in [0.15, 0.2) is 0 Å². The average Bonchev–Trinajstić information content (AvgIpc) is 3.14. The number of rotatable bonds is 3. The molecule has 234 valence electrons. The summed E-state index contributed by atoms with van der Waals surface area (Å²) in [5.41, 5.74) is 3.84. The van der Waals surface area contributed by atoms with Gasteiger partial charge in [0.05, 0.1) is 11.1 Å². The summed E-state index contributed by atoms with van der Waals surface area (Å²) >= 11 is 0. The maximum absolute atomic E-state index is 12.2. The van der Waals surface area contributed by atoms with E-state index in [-0.39, 0.29) is 11.1 Å². The van der Waals surface area contributed by atoms with Gasteiger partial charge in [-0.15, -0.1) is 0 Å². The van der Waals surface area contributed by atoms with Gasteiger partial charge in [-0.2, -0.15) is 0 Å². The molecule has 0 aliphatic carbocycles. The fourth-order valence-corrected chi connectivity index (χ4v) is 6.44. The van der Waals surface area contributed by atoms with Gasteiger partial charge in [0.2, 0.25) is 0 Å². The van der Waals surface area contributed by atoms with Gasteiger partial charge in [-0.1, -0.05) is 96.5 Å². The van der Waals surface area contributed by atoms with Gasteiger partial charge in [-0.25, -0.2) is 9.59 Å². The Hall–Kier alpha value is -7.14. The molecule has 2 N–H and O–H groups in total. The minimum Gasteiger partial charge on any atom is -0.478 e. The van der Waals surface area contributed by atoms with Gasteiger partial charge >= 0.3 is 11.9 Å². The lowest BCUT2D eigenvalue weighted by Gasteiger charge is -2.11. The van der Waals surface area contributed by atoms with Crippen LogP contribution in [-0.2, 0) is 0 Å². The summed E-state index contributed by atoms with van der Waals surface area (Å²) in [4.78, 5) is 24.3. The minimum absolute atomic E-state index is 0.0581. The van der Waals surface area contributed by atoms with Crippen LogP contribution >= 0.6 is 0 Å². The van der Waals surface area contributed by atoms with Crippen molar-refractivity contribution in [2.75, 3.05) is 0 Å². The molecule has 0 saturated heterocycles. The summed E-state index contributed by atoms with van der Waals surface area (Å²) < 4.78 is 0. The Labute approximate surface area is 287 Å². The van der Waals surface area contributed by atoms with Gasteiger partial charge in [-0.3, -0.25) is 0 Å². The molecule has 0 aliphatic heterocycles. The van der Waals surface area contributed by atoms with E-state index in [9.17, 15) is 19.8 Å². The molecule has 0 spiro atoms. The largest absolute Gasteiger partial charge is 0.478 e. The Bertz CT molecular complexity index is 2640. The number of carboxylic acids is 2. The number of fused-ring (bicyclic) bond motifs is 4. The van der Waals surface area contributed by atoms with Crippen LogP contribution in [0.15, 0.2) is 146 Å². The highest BCUT2D eigenvalue weighted by molar-refractivity contribution is 6.02. The summed E-state index contributed by atoms with van der Waals surface area (Å²) in [5, 5.41) is 28.5. The molecule has 4 nitrogen and oxygen atoms in total. The monoisotopic (exact) mass is 642 g/mol. The van der Waals surface area contributed by atoms with E-state index >= 15 is 0 Å². The smallest absolute Gasteiger partial charge is 0.335 e. The highest BCUT2D eigenvalue weighted by Gasteiger charge is 2.15. The van der Waals surface area contributed by atoms with Crippen molar-refractivity contribution in [1.29, 1.82) is 0 Å². The van der Waals surface area contributed by atoms with Crippen LogP contribution < -0.4 is 0 Å².